The van der Waals surface area contributed by atoms with Crippen LogP contribution in [-0.2, 0) is 0 Å². The van der Waals surface area contributed by atoms with Gasteiger partial charge in [-0.3, -0.25) is 0 Å². The first kappa shape index (κ1) is 26.8. The van der Waals surface area contributed by atoms with Gasteiger partial charge in [-0.1, -0.05) is 35.5 Å². The Morgan fingerprint density at radius 2 is 0.800 bits per heavy atom. The van der Waals surface area contributed by atoms with Crippen LogP contribution in [0.15, 0.2) is 84.9 Å². The van der Waals surface area contributed by atoms with Crippen LogP contribution < -0.4 is 4.74 Å². The number of ether oxygens (including phenoxy) is 1. The summed E-state index contributed by atoms with van der Waals surface area (Å²) in [5.41, 5.74) is 5.52. The Bertz CT molecular complexity index is 1750. The van der Waals surface area contributed by atoms with Crippen LogP contribution in [0.25, 0.3) is 0 Å². The van der Waals surface area contributed by atoms with E-state index in [1.165, 1.54) is 0 Å². The fourth-order valence-corrected chi connectivity index (χ4v) is 3.50. The molecule has 0 aromatic heterocycles. The fraction of sp³-hybridized carbons (Fsp3) is 0.0571. The second-order valence-corrected chi connectivity index (χ2v) is 8.29. The molecule has 4 aromatic carbocycles. The maximum Gasteiger partial charge on any atom is 0.150 e. The molecule has 0 radical (unpaired) electrons. The maximum atomic E-state index is 9.43. The first-order valence-electron chi connectivity index (χ1n) is 12.1. The Morgan fingerprint density at radius 1 is 0.475 bits per heavy atom. The van der Waals surface area contributed by atoms with Crippen molar-refractivity contribution in [1.29, 1.82) is 15.8 Å². The number of aliphatic hydroxyl groups is 1. The quantitative estimate of drug-likeness (QED) is 0.394. The molecule has 5 heteroatoms. The molecule has 0 fully saturated rings. The van der Waals surface area contributed by atoms with Gasteiger partial charge >= 0.3 is 0 Å². The molecule has 0 spiro atoms. The van der Waals surface area contributed by atoms with Gasteiger partial charge in [0.15, 0.2) is 5.75 Å². The largest absolute Gasteiger partial charge is 0.489 e. The van der Waals surface area contributed by atoms with Crippen molar-refractivity contribution in [1.82, 2.24) is 0 Å². The standard InChI is InChI=1S/C35H19N3O2/c36-23-29-8-1-26(2-9-29)7-14-32-21-33(17-15-27-3-10-30(24-37)11-4-27)35(40-20-19-39)34(22-32)18-16-28-5-12-31(25-38)13-6-28/h1-6,8-13,21-22,39H,19-20H2. The van der Waals surface area contributed by atoms with Crippen molar-refractivity contribution in [2.24, 2.45) is 0 Å². The van der Waals surface area contributed by atoms with Gasteiger partial charge in [-0.25, -0.2) is 0 Å². The summed E-state index contributed by atoms with van der Waals surface area (Å²) in [6, 6.07) is 30.7. The maximum absolute atomic E-state index is 9.43. The van der Waals surface area contributed by atoms with Gasteiger partial charge in [0.25, 0.3) is 0 Å². The normalized spacial score (nSPS) is 9.15. The van der Waals surface area contributed by atoms with Crippen LogP contribution in [0.4, 0.5) is 0 Å². The molecule has 0 saturated carbocycles. The summed E-state index contributed by atoms with van der Waals surface area (Å²) in [6.07, 6.45) is 0. The lowest BCUT2D eigenvalue weighted by atomic mass is 10.0. The first-order chi connectivity index (χ1) is 19.6. The van der Waals surface area contributed by atoms with E-state index in [1.807, 2.05) is 0 Å². The summed E-state index contributed by atoms with van der Waals surface area (Å²) in [7, 11) is 0. The molecule has 5 nitrogen and oxygen atoms in total. The van der Waals surface area contributed by atoms with Gasteiger partial charge in [-0.05, 0) is 84.9 Å². The van der Waals surface area contributed by atoms with E-state index >= 15 is 0 Å². The van der Waals surface area contributed by atoms with E-state index in [4.69, 9.17) is 20.5 Å². The third-order valence-corrected chi connectivity index (χ3v) is 5.50. The number of benzene rings is 4. The van der Waals surface area contributed by atoms with Gasteiger partial charge in [0.1, 0.15) is 6.61 Å². The van der Waals surface area contributed by atoms with Crippen molar-refractivity contribution in [3.05, 3.63) is 135 Å². The average Bonchev–Trinajstić information content (AvgIpc) is 3.01. The van der Waals surface area contributed by atoms with Crippen LogP contribution in [0.1, 0.15) is 50.1 Å². The van der Waals surface area contributed by atoms with Crippen molar-refractivity contribution < 1.29 is 9.84 Å². The van der Waals surface area contributed by atoms with E-state index in [0.717, 1.165) is 5.56 Å². The lowest BCUT2D eigenvalue weighted by Gasteiger charge is -2.10. The van der Waals surface area contributed by atoms with Gasteiger partial charge in [-0.15, -0.1) is 0 Å². The van der Waals surface area contributed by atoms with Crippen LogP contribution in [-0.4, -0.2) is 18.3 Å². The zero-order valence-electron chi connectivity index (χ0n) is 21.2. The van der Waals surface area contributed by atoms with E-state index in [9.17, 15) is 5.11 Å². The SMILES string of the molecule is N#Cc1ccc(C#Cc2cc(C#Cc3ccc(C#N)cc3)c(OCCO)c(C#Cc3ccc(C#N)cc3)c2)cc1. The highest BCUT2D eigenvalue weighted by atomic mass is 16.5. The minimum absolute atomic E-state index is 0.0490. The van der Waals surface area contributed by atoms with Crippen LogP contribution in [0.3, 0.4) is 0 Å². The molecule has 0 unspecified atom stereocenters. The summed E-state index contributed by atoms with van der Waals surface area (Å²) >= 11 is 0. The molecule has 0 bridgehead atoms. The predicted octanol–water partition coefficient (Wildman–Crippen LogP) is 4.87. The zero-order chi connectivity index (χ0) is 28.2. The zero-order valence-corrected chi connectivity index (χ0v) is 21.2. The van der Waals surface area contributed by atoms with Crippen molar-refractivity contribution in [3.8, 4) is 59.5 Å². The van der Waals surface area contributed by atoms with E-state index in [2.05, 4.69) is 53.7 Å². The molecule has 40 heavy (non-hydrogen) atoms. The number of rotatable bonds is 3. The van der Waals surface area contributed by atoms with Crippen molar-refractivity contribution in [3.63, 3.8) is 0 Å². The number of nitriles is 3. The summed E-state index contributed by atoms with van der Waals surface area (Å²) in [5, 5.41) is 36.6. The Kier molecular flexibility index (Phi) is 8.97. The summed E-state index contributed by atoms with van der Waals surface area (Å²) < 4.78 is 5.89. The summed E-state index contributed by atoms with van der Waals surface area (Å²) in [5.74, 6) is 19.1. The van der Waals surface area contributed by atoms with Crippen LogP contribution in [0.2, 0.25) is 0 Å². The lowest BCUT2D eigenvalue weighted by Crippen LogP contribution is -2.05. The fourth-order valence-electron chi connectivity index (χ4n) is 3.50. The third kappa shape index (κ3) is 7.18. The average molecular weight is 514 g/mol. The minimum atomic E-state index is -0.189. The van der Waals surface area contributed by atoms with Gasteiger partial charge in [-0.2, -0.15) is 15.8 Å². The summed E-state index contributed by atoms with van der Waals surface area (Å²) in [4.78, 5) is 0. The highest BCUT2D eigenvalue weighted by molar-refractivity contribution is 5.63. The molecule has 0 heterocycles. The molecule has 0 atom stereocenters. The Morgan fingerprint density at radius 3 is 1.15 bits per heavy atom. The van der Waals surface area contributed by atoms with Gasteiger partial charge in [0.2, 0.25) is 0 Å². The van der Waals surface area contributed by atoms with Crippen LogP contribution >= 0.6 is 0 Å². The first-order valence-corrected chi connectivity index (χ1v) is 12.1. The number of aliphatic hydroxyl groups excluding tert-OH is 1. The summed E-state index contributed by atoms with van der Waals surface area (Å²) in [6.45, 7) is -0.140. The molecule has 0 aliphatic rings. The van der Waals surface area contributed by atoms with Gasteiger partial charge in [0, 0.05) is 22.3 Å². The van der Waals surface area contributed by atoms with E-state index in [-0.39, 0.29) is 13.2 Å². The second-order valence-electron chi connectivity index (χ2n) is 8.29. The lowest BCUT2D eigenvalue weighted by molar-refractivity contribution is 0.201. The van der Waals surface area contributed by atoms with Crippen molar-refractivity contribution in [2.45, 2.75) is 0 Å². The number of hydrogen-bond donors (Lipinski definition) is 1. The molecule has 0 aliphatic heterocycles. The van der Waals surface area contributed by atoms with Crippen LogP contribution in [0.5, 0.6) is 5.75 Å². The Hall–Kier alpha value is -6.21. The highest BCUT2D eigenvalue weighted by Gasteiger charge is 2.10. The monoisotopic (exact) mass is 513 g/mol. The molecule has 0 saturated heterocycles. The molecule has 1 N–H and O–H groups in total. The van der Waals surface area contributed by atoms with Crippen molar-refractivity contribution >= 4 is 0 Å². The van der Waals surface area contributed by atoms with Crippen molar-refractivity contribution in [2.75, 3.05) is 13.2 Å². The predicted molar refractivity (Wildman–Crippen MR) is 150 cm³/mol. The topological polar surface area (TPSA) is 101 Å². The molecule has 4 aromatic rings. The molecule has 186 valence electrons. The van der Waals surface area contributed by atoms with Gasteiger partial charge in [0.05, 0.1) is 52.6 Å². The highest BCUT2D eigenvalue weighted by Crippen LogP contribution is 2.26. The second kappa shape index (κ2) is 13.4. The number of nitrogens with zero attached hydrogens (tertiary/aromatic N) is 3. The molecule has 4 rings (SSSR count). The van der Waals surface area contributed by atoms with Crippen LogP contribution in [0, 0.1) is 69.5 Å². The minimum Gasteiger partial charge on any atom is -0.489 e. The van der Waals surface area contributed by atoms with Gasteiger partial charge < -0.3 is 9.84 Å². The number of hydrogen-bond acceptors (Lipinski definition) is 5. The molecule has 0 amide bonds. The van der Waals surface area contributed by atoms with E-state index < -0.39 is 0 Å². The van der Waals surface area contributed by atoms with E-state index in [1.54, 1.807) is 84.9 Å². The molecular formula is C35H19N3O2. The Balaban J connectivity index is 1.82. The molecular weight excluding hydrogens is 494 g/mol. The molecule has 0 aliphatic carbocycles. The Labute approximate surface area is 233 Å². The smallest absolute Gasteiger partial charge is 0.150 e. The van der Waals surface area contributed by atoms with E-state index in [0.29, 0.717) is 50.3 Å². The third-order valence-electron chi connectivity index (χ3n) is 5.50.